The first-order valence-electron chi connectivity index (χ1n) is 5.15. The predicted molar refractivity (Wildman–Crippen MR) is 63.2 cm³/mol. The van der Waals surface area contributed by atoms with Crippen molar-refractivity contribution in [1.29, 1.82) is 0 Å². The molecule has 16 heavy (non-hydrogen) atoms. The molecule has 1 aromatic carbocycles. The zero-order valence-corrected chi connectivity index (χ0v) is 10.0. The molecule has 1 aromatic rings. The molecule has 0 saturated heterocycles. The van der Waals surface area contributed by atoms with Crippen molar-refractivity contribution in [2.45, 2.75) is 6.54 Å². The molecule has 2 rings (SSSR count). The highest BCUT2D eigenvalue weighted by molar-refractivity contribution is 7.84. The third kappa shape index (κ3) is 2.96. The molecule has 0 amide bonds. The first-order valence-corrected chi connectivity index (χ1v) is 6.88. The standard InChI is InChI=1S/C11H15NO3S/c1-16(13)5-4-12-7-9-2-3-10-11(6-9)15-8-14-10/h2-3,6,12H,4-5,7-8H2,1H3. The third-order valence-corrected chi connectivity index (χ3v) is 3.11. The summed E-state index contributed by atoms with van der Waals surface area (Å²) >= 11 is 0. The fraction of sp³-hybridized carbons (Fsp3) is 0.455. The van der Waals surface area contributed by atoms with Crippen LogP contribution in [0.5, 0.6) is 11.5 Å². The van der Waals surface area contributed by atoms with Gasteiger partial charge < -0.3 is 14.8 Å². The van der Waals surface area contributed by atoms with Crippen LogP contribution in [0.1, 0.15) is 5.56 Å². The van der Waals surface area contributed by atoms with Crippen molar-refractivity contribution in [2.75, 3.05) is 25.3 Å². The normalized spacial score (nSPS) is 15.1. The Bertz CT molecular complexity index is 395. The van der Waals surface area contributed by atoms with Crippen molar-refractivity contribution < 1.29 is 13.7 Å². The zero-order valence-electron chi connectivity index (χ0n) is 9.19. The van der Waals surface area contributed by atoms with Gasteiger partial charge in [0.2, 0.25) is 6.79 Å². The summed E-state index contributed by atoms with van der Waals surface area (Å²) in [4.78, 5) is 0. The minimum absolute atomic E-state index is 0.307. The second kappa shape index (κ2) is 5.32. The first kappa shape index (κ1) is 11.4. The van der Waals surface area contributed by atoms with Crippen molar-refractivity contribution in [2.24, 2.45) is 0 Å². The van der Waals surface area contributed by atoms with Crippen LogP contribution >= 0.6 is 0 Å². The number of nitrogens with one attached hydrogen (secondary N) is 1. The van der Waals surface area contributed by atoms with E-state index >= 15 is 0 Å². The van der Waals surface area contributed by atoms with E-state index in [1.54, 1.807) is 6.26 Å². The van der Waals surface area contributed by atoms with Gasteiger partial charge in [0.25, 0.3) is 0 Å². The van der Waals surface area contributed by atoms with Crippen LogP contribution in [0, 0.1) is 0 Å². The van der Waals surface area contributed by atoms with Crippen molar-refractivity contribution in [1.82, 2.24) is 5.32 Å². The molecular weight excluding hydrogens is 226 g/mol. The highest BCUT2D eigenvalue weighted by atomic mass is 32.2. The Morgan fingerprint density at radius 2 is 2.19 bits per heavy atom. The van der Waals surface area contributed by atoms with Gasteiger partial charge in [-0.25, -0.2) is 0 Å². The largest absolute Gasteiger partial charge is 0.454 e. The van der Waals surface area contributed by atoms with Crippen LogP contribution in [0.2, 0.25) is 0 Å². The number of ether oxygens (including phenoxy) is 2. The van der Waals surface area contributed by atoms with E-state index in [1.165, 1.54) is 0 Å². The molecule has 1 unspecified atom stereocenters. The number of hydrogen-bond donors (Lipinski definition) is 1. The molecule has 4 nitrogen and oxygen atoms in total. The van der Waals surface area contributed by atoms with Gasteiger partial charge in [0.05, 0.1) is 0 Å². The van der Waals surface area contributed by atoms with Crippen LogP contribution in [-0.4, -0.2) is 29.6 Å². The summed E-state index contributed by atoms with van der Waals surface area (Å²) in [5.74, 6) is 2.29. The topological polar surface area (TPSA) is 47.6 Å². The van der Waals surface area contributed by atoms with Crippen molar-refractivity contribution >= 4 is 10.8 Å². The van der Waals surface area contributed by atoms with E-state index in [1.807, 2.05) is 18.2 Å². The minimum Gasteiger partial charge on any atom is -0.454 e. The molecule has 0 fully saturated rings. The number of fused-ring (bicyclic) bond motifs is 1. The van der Waals surface area contributed by atoms with Gasteiger partial charge in [-0.3, -0.25) is 4.21 Å². The molecule has 1 aliphatic heterocycles. The third-order valence-electron chi connectivity index (χ3n) is 2.33. The van der Waals surface area contributed by atoms with Gasteiger partial charge in [0.15, 0.2) is 11.5 Å². The van der Waals surface area contributed by atoms with Gasteiger partial charge in [-0.1, -0.05) is 6.07 Å². The quantitative estimate of drug-likeness (QED) is 0.778. The number of benzene rings is 1. The Labute approximate surface area is 97.4 Å². The smallest absolute Gasteiger partial charge is 0.231 e. The van der Waals surface area contributed by atoms with Crippen molar-refractivity contribution in [3.05, 3.63) is 23.8 Å². The molecular formula is C11H15NO3S. The highest BCUT2D eigenvalue weighted by Crippen LogP contribution is 2.32. The lowest BCUT2D eigenvalue weighted by Crippen LogP contribution is -2.19. The summed E-state index contributed by atoms with van der Waals surface area (Å²) in [6.07, 6.45) is 1.71. The molecule has 1 atom stereocenters. The van der Waals surface area contributed by atoms with Crippen LogP contribution in [-0.2, 0) is 17.3 Å². The molecule has 88 valence electrons. The van der Waals surface area contributed by atoms with E-state index in [0.717, 1.165) is 30.2 Å². The Morgan fingerprint density at radius 1 is 1.38 bits per heavy atom. The molecule has 0 saturated carbocycles. The monoisotopic (exact) mass is 241 g/mol. The van der Waals surface area contributed by atoms with E-state index < -0.39 is 10.8 Å². The van der Waals surface area contributed by atoms with Gasteiger partial charge in [-0.15, -0.1) is 0 Å². The van der Waals surface area contributed by atoms with Crippen LogP contribution in [0.3, 0.4) is 0 Å². The van der Waals surface area contributed by atoms with Gasteiger partial charge >= 0.3 is 0 Å². The van der Waals surface area contributed by atoms with E-state index in [2.05, 4.69) is 5.32 Å². The summed E-state index contributed by atoms with van der Waals surface area (Å²) in [6, 6.07) is 5.89. The maximum Gasteiger partial charge on any atom is 0.231 e. The molecule has 0 spiro atoms. The first-order chi connectivity index (χ1) is 7.75. The molecule has 5 heteroatoms. The molecule has 1 N–H and O–H groups in total. The van der Waals surface area contributed by atoms with Crippen molar-refractivity contribution in [3.8, 4) is 11.5 Å². The van der Waals surface area contributed by atoms with Gasteiger partial charge in [-0.2, -0.15) is 0 Å². The SMILES string of the molecule is CS(=O)CCNCc1ccc2c(c1)OCO2. The predicted octanol–water partition coefficient (Wildman–Crippen LogP) is 0.883. The summed E-state index contributed by atoms with van der Waals surface area (Å²) in [5, 5.41) is 3.23. The molecule has 0 bridgehead atoms. The lowest BCUT2D eigenvalue weighted by Gasteiger charge is -2.04. The van der Waals surface area contributed by atoms with Crippen LogP contribution in [0.25, 0.3) is 0 Å². The molecule has 0 aliphatic carbocycles. The maximum atomic E-state index is 10.8. The average Bonchev–Trinajstić information content (AvgIpc) is 2.71. The summed E-state index contributed by atoms with van der Waals surface area (Å²) in [6.45, 7) is 1.83. The summed E-state index contributed by atoms with van der Waals surface area (Å²) in [5.41, 5.74) is 1.14. The van der Waals surface area contributed by atoms with E-state index in [0.29, 0.717) is 12.5 Å². The second-order valence-electron chi connectivity index (χ2n) is 3.64. The van der Waals surface area contributed by atoms with E-state index in [9.17, 15) is 4.21 Å². The molecule has 0 radical (unpaired) electrons. The van der Waals surface area contributed by atoms with E-state index in [4.69, 9.17) is 9.47 Å². The van der Waals surface area contributed by atoms with Crippen LogP contribution < -0.4 is 14.8 Å². The second-order valence-corrected chi connectivity index (χ2v) is 5.20. The minimum atomic E-state index is -0.730. The molecule has 1 aliphatic rings. The Balaban J connectivity index is 1.83. The maximum absolute atomic E-state index is 10.8. The summed E-state index contributed by atoms with van der Waals surface area (Å²) in [7, 11) is -0.730. The van der Waals surface area contributed by atoms with Crippen LogP contribution in [0.4, 0.5) is 0 Å². The molecule has 1 heterocycles. The Hall–Kier alpha value is -1.07. The average molecular weight is 241 g/mol. The lowest BCUT2D eigenvalue weighted by molar-refractivity contribution is 0.174. The highest BCUT2D eigenvalue weighted by Gasteiger charge is 2.12. The Morgan fingerprint density at radius 3 is 3.00 bits per heavy atom. The number of hydrogen-bond acceptors (Lipinski definition) is 4. The lowest BCUT2D eigenvalue weighted by atomic mass is 10.2. The van der Waals surface area contributed by atoms with E-state index in [-0.39, 0.29) is 0 Å². The Kier molecular flexibility index (Phi) is 3.79. The van der Waals surface area contributed by atoms with Crippen LogP contribution in [0.15, 0.2) is 18.2 Å². The fourth-order valence-corrected chi connectivity index (χ4v) is 1.93. The fourth-order valence-electron chi connectivity index (χ4n) is 1.50. The van der Waals surface area contributed by atoms with Gasteiger partial charge in [-0.05, 0) is 17.7 Å². The van der Waals surface area contributed by atoms with Crippen molar-refractivity contribution in [3.63, 3.8) is 0 Å². The number of rotatable bonds is 5. The molecule has 0 aromatic heterocycles. The van der Waals surface area contributed by atoms with Gasteiger partial charge in [0.1, 0.15) is 0 Å². The summed E-state index contributed by atoms with van der Waals surface area (Å²) < 4.78 is 21.4. The zero-order chi connectivity index (χ0) is 11.4. The van der Waals surface area contributed by atoms with Gasteiger partial charge in [0, 0.05) is 35.9 Å².